The second kappa shape index (κ2) is 12.0. The summed E-state index contributed by atoms with van der Waals surface area (Å²) in [4.78, 5) is 40.1. The van der Waals surface area contributed by atoms with Gasteiger partial charge >= 0.3 is 0 Å². The summed E-state index contributed by atoms with van der Waals surface area (Å²) in [6, 6.07) is 0. The highest BCUT2D eigenvalue weighted by Crippen LogP contribution is 2.08. The van der Waals surface area contributed by atoms with Crippen LogP contribution in [0.5, 0.6) is 0 Å². The number of amides is 2. The number of ketones is 1. The summed E-state index contributed by atoms with van der Waals surface area (Å²) in [6.45, 7) is 7.15. The van der Waals surface area contributed by atoms with Crippen molar-refractivity contribution in [3.05, 3.63) is 0 Å². The van der Waals surface area contributed by atoms with E-state index in [1.165, 1.54) is 38.5 Å². The SMILES string of the molecule is O=C(CC(=O)NCCN1CCCCC1)CC(=O)NCCN1CCCCC1. The van der Waals surface area contributed by atoms with E-state index in [2.05, 4.69) is 20.4 Å². The maximum atomic E-state index is 11.9. The molecule has 0 radical (unpaired) electrons. The first-order valence-electron chi connectivity index (χ1n) is 10.1. The summed E-state index contributed by atoms with van der Waals surface area (Å²) in [5, 5.41) is 5.56. The van der Waals surface area contributed by atoms with E-state index >= 15 is 0 Å². The van der Waals surface area contributed by atoms with Gasteiger partial charge in [-0.3, -0.25) is 14.4 Å². The number of hydrogen-bond donors (Lipinski definition) is 2. The molecule has 2 aliphatic heterocycles. The van der Waals surface area contributed by atoms with Gasteiger partial charge in [-0.2, -0.15) is 0 Å². The lowest BCUT2D eigenvalue weighted by molar-refractivity contribution is -0.131. The highest BCUT2D eigenvalue weighted by molar-refractivity contribution is 6.06. The van der Waals surface area contributed by atoms with Crippen molar-refractivity contribution in [2.75, 3.05) is 52.4 Å². The van der Waals surface area contributed by atoms with Crippen LogP contribution in [0.4, 0.5) is 0 Å². The Balaban J connectivity index is 1.49. The van der Waals surface area contributed by atoms with Crippen LogP contribution < -0.4 is 10.6 Å². The molecule has 26 heavy (non-hydrogen) atoms. The van der Waals surface area contributed by atoms with Gasteiger partial charge in [-0.05, 0) is 51.9 Å². The molecule has 7 nitrogen and oxygen atoms in total. The van der Waals surface area contributed by atoms with Crippen molar-refractivity contribution >= 4 is 17.6 Å². The highest BCUT2D eigenvalue weighted by Gasteiger charge is 2.15. The molecule has 0 bridgehead atoms. The Morgan fingerprint density at radius 2 is 1.00 bits per heavy atom. The number of nitrogens with zero attached hydrogens (tertiary/aromatic N) is 2. The van der Waals surface area contributed by atoms with Crippen LogP contribution in [0.2, 0.25) is 0 Å². The van der Waals surface area contributed by atoms with Gasteiger partial charge in [0.2, 0.25) is 11.8 Å². The molecule has 0 aromatic carbocycles. The quantitative estimate of drug-likeness (QED) is 0.552. The first-order valence-corrected chi connectivity index (χ1v) is 10.1. The minimum Gasteiger partial charge on any atom is -0.354 e. The number of Topliss-reactive ketones (excluding diaryl/α,β-unsaturated/α-hetero) is 1. The van der Waals surface area contributed by atoms with Crippen molar-refractivity contribution in [2.45, 2.75) is 51.4 Å². The summed E-state index contributed by atoms with van der Waals surface area (Å²) >= 11 is 0. The molecule has 0 aromatic rings. The predicted molar refractivity (Wildman–Crippen MR) is 101 cm³/mol. The van der Waals surface area contributed by atoms with Crippen LogP contribution in [0, 0.1) is 0 Å². The fraction of sp³-hybridized carbons (Fsp3) is 0.842. The van der Waals surface area contributed by atoms with Gasteiger partial charge in [0.05, 0.1) is 12.8 Å². The van der Waals surface area contributed by atoms with E-state index in [-0.39, 0.29) is 30.4 Å². The molecule has 2 heterocycles. The number of hydrogen-bond acceptors (Lipinski definition) is 5. The Morgan fingerprint density at radius 3 is 1.38 bits per heavy atom. The summed E-state index contributed by atoms with van der Waals surface area (Å²) in [7, 11) is 0. The molecule has 0 spiro atoms. The highest BCUT2D eigenvalue weighted by atomic mass is 16.2. The molecule has 2 amide bonds. The van der Waals surface area contributed by atoms with Crippen molar-refractivity contribution in [2.24, 2.45) is 0 Å². The Kier molecular flexibility index (Phi) is 9.63. The molecule has 0 aromatic heterocycles. The van der Waals surface area contributed by atoms with Crippen molar-refractivity contribution < 1.29 is 14.4 Å². The second-order valence-electron chi connectivity index (χ2n) is 7.40. The van der Waals surface area contributed by atoms with Gasteiger partial charge in [-0.25, -0.2) is 0 Å². The van der Waals surface area contributed by atoms with Crippen molar-refractivity contribution in [3.8, 4) is 0 Å². The van der Waals surface area contributed by atoms with E-state index in [0.29, 0.717) is 13.1 Å². The average molecular weight is 367 g/mol. The molecule has 2 N–H and O–H groups in total. The Labute approximate surface area is 156 Å². The van der Waals surface area contributed by atoms with Crippen LogP contribution >= 0.6 is 0 Å². The smallest absolute Gasteiger partial charge is 0.227 e. The average Bonchev–Trinajstić information content (AvgIpc) is 2.63. The van der Waals surface area contributed by atoms with Gasteiger partial charge in [0.25, 0.3) is 0 Å². The van der Waals surface area contributed by atoms with E-state index < -0.39 is 0 Å². The first-order chi connectivity index (χ1) is 12.6. The molecule has 0 atom stereocenters. The zero-order valence-corrected chi connectivity index (χ0v) is 15.9. The molecule has 2 aliphatic rings. The largest absolute Gasteiger partial charge is 0.354 e. The lowest BCUT2D eigenvalue weighted by Crippen LogP contribution is -2.39. The van der Waals surface area contributed by atoms with Crippen LogP contribution in [0.3, 0.4) is 0 Å². The first kappa shape index (κ1) is 20.8. The lowest BCUT2D eigenvalue weighted by atomic mass is 10.1. The van der Waals surface area contributed by atoms with Crippen molar-refractivity contribution in [3.63, 3.8) is 0 Å². The third-order valence-electron chi connectivity index (χ3n) is 5.11. The van der Waals surface area contributed by atoms with E-state index in [0.717, 1.165) is 39.3 Å². The molecule has 148 valence electrons. The third kappa shape index (κ3) is 8.76. The number of likely N-dealkylation sites (tertiary alicyclic amines) is 2. The van der Waals surface area contributed by atoms with E-state index in [1.54, 1.807) is 0 Å². The summed E-state index contributed by atoms with van der Waals surface area (Å²) in [5.74, 6) is -0.891. The topological polar surface area (TPSA) is 81.8 Å². The van der Waals surface area contributed by atoms with Gasteiger partial charge in [-0.15, -0.1) is 0 Å². The minimum absolute atomic E-state index is 0.209. The third-order valence-corrected chi connectivity index (χ3v) is 5.11. The molecule has 0 unspecified atom stereocenters. The fourth-order valence-corrected chi connectivity index (χ4v) is 3.62. The second-order valence-corrected chi connectivity index (χ2v) is 7.40. The van der Waals surface area contributed by atoms with Crippen LogP contribution in [-0.2, 0) is 14.4 Å². The van der Waals surface area contributed by atoms with E-state index in [4.69, 9.17) is 0 Å². The Bertz CT molecular complexity index is 418. The van der Waals surface area contributed by atoms with Crippen LogP contribution in [0.25, 0.3) is 0 Å². The molecule has 2 fully saturated rings. The molecular formula is C19H34N4O3. The zero-order chi connectivity index (χ0) is 18.6. The Morgan fingerprint density at radius 1 is 0.615 bits per heavy atom. The number of carbonyl (C=O) groups is 3. The van der Waals surface area contributed by atoms with Crippen LogP contribution in [-0.4, -0.2) is 79.8 Å². The monoisotopic (exact) mass is 366 g/mol. The molecule has 7 heteroatoms. The summed E-state index contributed by atoms with van der Waals surface area (Å²) in [5.41, 5.74) is 0. The van der Waals surface area contributed by atoms with Gasteiger partial charge < -0.3 is 20.4 Å². The van der Waals surface area contributed by atoms with Gasteiger partial charge in [0, 0.05) is 26.2 Å². The number of nitrogens with one attached hydrogen (secondary N) is 2. The number of rotatable bonds is 10. The van der Waals surface area contributed by atoms with Gasteiger partial charge in [0.15, 0.2) is 5.78 Å². The van der Waals surface area contributed by atoms with Gasteiger partial charge in [0.1, 0.15) is 0 Å². The van der Waals surface area contributed by atoms with E-state index in [9.17, 15) is 14.4 Å². The summed E-state index contributed by atoms with van der Waals surface area (Å²) < 4.78 is 0. The van der Waals surface area contributed by atoms with Crippen molar-refractivity contribution in [1.82, 2.24) is 20.4 Å². The standard InChI is InChI=1S/C19H34N4O3/c24-17(15-18(25)20-7-13-22-9-3-1-4-10-22)16-19(26)21-8-14-23-11-5-2-6-12-23/h1-16H2,(H,20,25)(H,21,26). The van der Waals surface area contributed by atoms with Crippen LogP contribution in [0.15, 0.2) is 0 Å². The fourth-order valence-electron chi connectivity index (χ4n) is 3.62. The van der Waals surface area contributed by atoms with Gasteiger partial charge in [-0.1, -0.05) is 12.8 Å². The lowest BCUT2D eigenvalue weighted by Gasteiger charge is -2.26. The molecular weight excluding hydrogens is 332 g/mol. The molecule has 2 rings (SSSR count). The molecule has 0 aliphatic carbocycles. The molecule has 0 saturated carbocycles. The maximum Gasteiger partial charge on any atom is 0.227 e. The zero-order valence-electron chi connectivity index (χ0n) is 15.9. The normalized spacial score (nSPS) is 19.1. The van der Waals surface area contributed by atoms with Crippen molar-refractivity contribution in [1.29, 1.82) is 0 Å². The minimum atomic E-state index is -0.323. The predicted octanol–water partition coefficient (Wildman–Crippen LogP) is 0.540. The molecule has 2 saturated heterocycles. The summed E-state index contributed by atoms with van der Waals surface area (Å²) in [6.07, 6.45) is 7.05. The Hall–Kier alpha value is -1.47. The number of piperidine rings is 2. The van der Waals surface area contributed by atoms with Crippen LogP contribution in [0.1, 0.15) is 51.4 Å². The maximum absolute atomic E-state index is 11.9. The van der Waals surface area contributed by atoms with E-state index in [1.807, 2.05) is 0 Å². The number of carbonyl (C=O) groups excluding carboxylic acids is 3.